The van der Waals surface area contributed by atoms with Gasteiger partial charge in [-0.05, 0) is 61.1 Å². The van der Waals surface area contributed by atoms with Crippen LogP contribution < -0.4 is 5.69 Å². The van der Waals surface area contributed by atoms with Crippen molar-refractivity contribution in [3.8, 4) is 0 Å². The number of halogens is 3. The zero-order valence-electron chi connectivity index (χ0n) is 16.2. The molecule has 0 saturated carbocycles. The molecule has 0 unspecified atom stereocenters. The lowest BCUT2D eigenvalue weighted by Crippen LogP contribution is -2.30. The third-order valence-corrected chi connectivity index (χ3v) is 6.29. The molecule has 0 spiro atoms. The Morgan fingerprint density at radius 2 is 1.67 bits per heavy atom. The Balaban J connectivity index is 1.58. The lowest BCUT2D eigenvalue weighted by atomic mass is 9.97. The van der Waals surface area contributed by atoms with E-state index >= 15 is 0 Å². The van der Waals surface area contributed by atoms with E-state index in [0.717, 1.165) is 60.2 Å². The monoisotopic (exact) mass is 431 g/mol. The lowest BCUT2D eigenvalue weighted by Gasteiger charge is -2.22. The SMILES string of the molecule is O=c1nc(SCc2ccc(C(F)(F)F)cc2)c2c(n1Cc1ccncc1)CCCC2. The van der Waals surface area contributed by atoms with Crippen LogP contribution in [0.15, 0.2) is 58.6 Å². The highest BCUT2D eigenvalue weighted by Crippen LogP contribution is 2.32. The van der Waals surface area contributed by atoms with Crippen LogP contribution in [0.5, 0.6) is 0 Å². The molecule has 3 aromatic rings. The number of hydrogen-bond donors (Lipinski definition) is 0. The zero-order chi connectivity index (χ0) is 21.1. The summed E-state index contributed by atoms with van der Waals surface area (Å²) >= 11 is 1.41. The molecule has 0 fully saturated rings. The molecule has 4 rings (SSSR count). The van der Waals surface area contributed by atoms with E-state index in [9.17, 15) is 18.0 Å². The molecule has 8 heteroatoms. The molecule has 0 N–H and O–H groups in total. The lowest BCUT2D eigenvalue weighted by molar-refractivity contribution is -0.137. The van der Waals surface area contributed by atoms with Crippen molar-refractivity contribution in [3.63, 3.8) is 0 Å². The normalized spacial score (nSPS) is 13.8. The fourth-order valence-electron chi connectivity index (χ4n) is 3.64. The summed E-state index contributed by atoms with van der Waals surface area (Å²) in [6.45, 7) is 0.459. The Labute approximate surface area is 176 Å². The summed E-state index contributed by atoms with van der Waals surface area (Å²) in [5.41, 5.74) is 2.92. The largest absolute Gasteiger partial charge is 0.416 e. The molecule has 4 nitrogen and oxygen atoms in total. The summed E-state index contributed by atoms with van der Waals surface area (Å²) in [6, 6.07) is 8.90. The van der Waals surface area contributed by atoms with Gasteiger partial charge >= 0.3 is 11.9 Å². The van der Waals surface area contributed by atoms with E-state index in [1.807, 2.05) is 12.1 Å². The van der Waals surface area contributed by atoms with Crippen molar-refractivity contribution in [2.45, 2.75) is 49.2 Å². The van der Waals surface area contributed by atoms with Gasteiger partial charge in [-0.1, -0.05) is 12.1 Å². The van der Waals surface area contributed by atoms with Crippen LogP contribution in [0, 0.1) is 0 Å². The van der Waals surface area contributed by atoms with Gasteiger partial charge in [0.15, 0.2) is 0 Å². The fraction of sp³-hybridized carbons (Fsp3) is 0.318. The maximum atomic E-state index is 12.8. The first-order valence-corrected chi connectivity index (χ1v) is 10.7. The van der Waals surface area contributed by atoms with Gasteiger partial charge in [0.2, 0.25) is 0 Å². The predicted octanol–water partition coefficient (Wildman–Crippen LogP) is 4.88. The van der Waals surface area contributed by atoms with Crippen molar-refractivity contribution in [2.24, 2.45) is 0 Å². The number of rotatable bonds is 5. The van der Waals surface area contributed by atoms with Gasteiger partial charge in [-0.2, -0.15) is 18.2 Å². The van der Waals surface area contributed by atoms with Crippen LogP contribution in [0.2, 0.25) is 0 Å². The summed E-state index contributed by atoms with van der Waals surface area (Å²) in [4.78, 5) is 21.1. The summed E-state index contributed by atoms with van der Waals surface area (Å²) in [7, 11) is 0. The smallest absolute Gasteiger partial charge is 0.292 e. The molecule has 0 atom stereocenters. The average molecular weight is 431 g/mol. The second-order valence-corrected chi connectivity index (χ2v) is 8.22. The van der Waals surface area contributed by atoms with Gasteiger partial charge < -0.3 is 0 Å². The third kappa shape index (κ3) is 4.59. The number of benzene rings is 1. The average Bonchev–Trinajstić information content (AvgIpc) is 2.75. The molecule has 156 valence electrons. The quantitative estimate of drug-likeness (QED) is 0.427. The van der Waals surface area contributed by atoms with E-state index < -0.39 is 11.7 Å². The maximum Gasteiger partial charge on any atom is 0.416 e. The molecule has 0 saturated heterocycles. The number of pyridine rings is 1. The summed E-state index contributed by atoms with van der Waals surface area (Å²) in [6.07, 6.45) is 2.81. The van der Waals surface area contributed by atoms with Crippen LogP contribution in [-0.4, -0.2) is 14.5 Å². The van der Waals surface area contributed by atoms with E-state index in [1.165, 1.54) is 23.9 Å². The molecular weight excluding hydrogens is 411 g/mol. The predicted molar refractivity (Wildman–Crippen MR) is 109 cm³/mol. The Kier molecular flexibility index (Phi) is 5.94. The van der Waals surface area contributed by atoms with Gasteiger partial charge in [-0.15, -0.1) is 11.8 Å². The molecule has 0 aliphatic heterocycles. The minimum absolute atomic E-state index is 0.289. The highest BCUT2D eigenvalue weighted by molar-refractivity contribution is 7.98. The van der Waals surface area contributed by atoms with Crippen molar-refractivity contribution in [2.75, 3.05) is 0 Å². The van der Waals surface area contributed by atoms with Gasteiger partial charge in [0, 0.05) is 29.4 Å². The molecule has 2 heterocycles. The molecule has 1 aromatic carbocycles. The minimum Gasteiger partial charge on any atom is -0.292 e. The second kappa shape index (κ2) is 8.63. The molecular formula is C22H20F3N3OS. The van der Waals surface area contributed by atoms with E-state index in [2.05, 4.69) is 9.97 Å². The van der Waals surface area contributed by atoms with Gasteiger partial charge in [0.05, 0.1) is 12.1 Å². The van der Waals surface area contributed by atoms with Crippen molar-refractivity contribution in [1.82, 2.24) is 14.5 Å². The van der Waals surface area contributed by atoms with Crippen molar-refractivity contribution >= 4 is 11.8 Å². The molecule has 0 radical (unpaired) electrons. The Morgan fingerprint density at radius 1 is 0.967 bits per heavy atom. The minimum atomic E-state index is -4.34. The van der Waals surface area contributed by atoms with Gasteiger partial charge in [-0.25, -0.2) is 4.79 Å². The first-order valence-electron chi connectivity index (χ1n) is 9.72. The molecule has 30 heavy (non-hydrogen) atoms. The second-order valence-electron chi connectivity index (χ2n) is 7.26. The van der Waals surface area contributed by atoms with Crippen LogP contribution in [0.4, 0.5) is 13.2 Å². The van der Waals surface area contributed by atoms with Crippen LogP contribution in [-0.2, 0) is 31.3 Å². The van der Waals surface area contributed by atoms with Gasteiger partial charge in [-0.3, -0.25) is 9.55 Å². The van der Waals surface area contributed by atoms with E-state index in [-0.39, 0.29) is 5.69 Å². The van der Waals surface area contributed by atoms with Crippen LogP contribution in [0.1, 0.15) is 40.8 Å². The Morgan fingerprint density at radius 3 is 2.37 bits per heavy atom. The maximum absolute atomic E-state index is 12.8. The standard InChI is InChI=1S/C22H20F3N3OS/c23-22(24,25)17-7-5-16(6-8-17)14-30-20-18-3-1-2-4-19(18)28(21(29)27-20)13-15-9-11-26-12-10-15/h5-12H,1-4,13-14H2. The Hall–Kier alpha value is -2.61. The summed E-state index contributed by atoms with van der Waals surface area (Å²) in [5.74, 6) is 0.464. The summed E-state index contributed by atoms with van der Waals surface area (Å²) < 4.78 is 40.0. The number of nitrogens with zero attached hydrogens (tertiary/aromatic N) is 3. The molecule has 0 bridgehead atoms. The number of fused-ring (bicyclic) bond motifs is 1. The fourth-order valence-corrected chi connectivity index (χ4v) is 4.68. The van der Waals surface area contributed by atoms with Crippen LogP contribution in [0.25, 0.3) is 0 Å². The number of hydrogen-bond acceptors (Lipinski definition) is 4. The van der Waals surface area contributed by atoms with Gasteiger partial charge in [0.25, 0.3) is 0 Å². The van der Waals surface area contributed by atoms with Crippen LogP contribution >= 0.6 is 11.8 Å². The van der Waals surface area contributed by atoms with E-state index in [4.69, 9.17) is 0 Å². The molecule has 1 aliphatic rings. The molecule has 0 amide bonds. The van der Waals surface area contributed by atoms with Gasteiger partial charge in [0.1, 0.15) is 5.03 Å². The van der Waals surface area contributed by atoms with Crippen molar-refractivity contribution < 1.29 is 13.2 Å². The third-order valence-electron chi connectivity index (χ3n) is 5.20. The van der Waals surface area contributed by atoms with Crippen molar-refractivity contribution in [3.05, 3.63) is 87.2 Å². The first kappa shape index (κ1) is 20.7. The van der Waals surface area contributed by atoms with Crippen molar-refractivity contribution in [1.29, 1.82) is 0 Å². The molecule has 1 aliphatic carbocycles. The van der Waals surface area contributed by atoms with E-state index in [1.54, 1.807) is 17.0 Å². The zero-order valence-corrected chi connectivity index (χ0v) is 17.0. The topological polar surface area (TPSA) is 47.8 Å². The first-order chi connectivity index (χ1) is 14.4. The summed E-state index contributed by atoms with van der Waals surface area (Å²) in [5, 5.41) is 0.695. The Bertz CT molecular complexity index is 1080. The number of aromatic nitrogens is 3. The van der Waals surface area contributed by atoms with Crippen LogP contribution in [0.3, 0.4) is 0 Å². The highest BCUT2D eigenvalue weighted by Gasteiger charge is 2.30. The number of thioether (sulfide) groups is 1. The number of alkyl halides is 3. The van der Waals surface area contributed by atoms with E-state index in [0.29, 0.717) is 17.3 Å². The highest BCUT2D eigenvalue weighted by atomic mass is 32.2. The molecule has 2 aromatic heterocycles.